The maximum Gasteiger partial charge on any atom is 0.219 e. The topological polar surface area (TPSA) is 69.9 Å². The number of rotatable bonds is 1. The molecule has 16 heavy (non-hydrogen) atoms. The SMILES string of the molecule is Cc1cc(C)c(-c2cn(N)c(N)n2)cc1C. The summed E-state index contributed by atoms with van der Waals surface area (Å²) < 4.78 is 1.34. The average molecular weight is 216 g/mol. The van der Waals surface area contributed by atoms with Crippen molar-refractivity contribution in [1.82, 2.24) is 9.66 Å². The van der Waals surface area contributed by atoms with Gasteiger partial charge in [-0.15, -0.1) is 0 Å². The molecular weight excluding hydrogens is 200 g/mol. The van der Waals surface area contributed by atoms with E-state index in [1.807, 2.05) is 0 Å². The van der Waals surface area contributed by atoms with E-state index in [-0.39, 0.29) is 0 Å². The quantitative estimate of drug-likeness (QED) is 0.714. The third-order valence-corrected chi connectivity index (χ3v) is 2.88. The molecule has 0 saturated heterocycles. The number of nitrogen functional groups attached to an aromatic ring is 2. The molecule has 2 aromatic rings. The number of aryl methyl sites for hydroxylation is 3. The Morgan fingerprint density at radius 3 is 2.25 bits per heavy atom. The van der Waals surface area contributed by atoms with Gasteiger partial charge in [0.05, 0.1) is 11.9 Å². The van der Waals surface area contributed by atoms with Crippen molar-refractivity contribution in [3.8, 4) is 11.3 Å². The van der Waals surface area contributed by atoms with Crippen molar-refractivity contribution in [2.24, 2.45) is 0 Å². The molecule has 4 N–H and O–H groups in total. The van der Waals surface area contributed by atoms with Gasteiger partial charge in [-0.1, -0.05) is 6.07 Å². The maximum atomic E-state index is 5.63. The highest BCUT2D eigenvalue weighted by Gasteiger charge is 2.09. The second kappa shape index (κ2) is 3.56. The zero-order valence-electron chi connectivity index (χ0n) is 9.78. The third-order valence-electron chi connectivity index (χ3n) is 2.88. The summed E-state index contributed by atoms with van der Waals surface area (Å²) in [4.78, 5) is 4.23. The minimum absolute atomic E-state index is 0.327. The predicted octanol–water partition coefficient (Wildman–Crippen LogP) is 1.77. The van der Waals surface area contributed by atoms with Crippen molar-refractivity contribution in [3.05, 3.63) is 35.0 Å². The molecule has 1 heterocycles. The molecule has 0 amide bonds. The molecule has 0 radical (unpaired) electrons. The van der Waals surface area contributed by atoms with Gasteiger partial charge in [-0.3, -0.25) is 0 Å². The van der Waals surface area contributed by atoms with Crippen LogP contribution in [0.5, 0.6) is 0 Å². The number of hydrogen-bond donors (Lipinski definition) is 2. The Balaban J connectivity index is 2.60. The van der Waals surface area contributed by atoms with Crippen molar-refractivity contribution >= 4 is 5.95 Å². The molecule has 0 atom stereocenters. The van der Waals surface area contributed by atoms with Crippen LogP contribution < -0.4 is 11.6 Å². The van der Waals surface area contributed by atoms with Gasteiger partial charge < -0.3 is 11.6 Å². The van der Waals surface area contributed by atoms with E-state index in [1.54, 1.807) is 6.20 Å². The first-order chi connectivity index (χ1) is 7.49. The summed E-state index contributed by atoms with van der Waals surface area (Å²) in [5.41, 5.74) is 11.2. The molecule has 0 aliphatic heterocycles. The lowest BCUT2D eigenvalue weighted by molar-refractivity contribution is 1.02. The van der Waals surface area contributed by atoms with E-state index in [4.69, 9.17) is 11.6 Å². The second-order valence-corrected chi connectivity index (χ2v) is 4.14. The Kier molecular flexibility index (Phi) is 2.34. The third kappa shape index (κ3) is 1.62. The first-order valence-corrected chi connectivity index (χ1v) is 5.17. The number of anilines is 1. The lowest BCUT2D eigenvalue weighted by Gasteiger charge is -2.07. The van der Waals surface area contributed by atoms with Crippen LogP contribution in [0.2, 0.25) is 0 Å². The van der Waals surface area contributed by atoms with E-state index in [9.17, 15) is 0 Å². The van der Waals surface area contributed by atoms with Gasteiger partial charge in [0.1, 0.15) is 0 Å². The van der Waals surface area contributed by atoms with Crippen molar-refractivity contribution in [1.29, 1.82) is 0 Å². The van der Waals surface area contributed by atoms with Crippen molar-refractivity contribution < 1.29 is 0 Å². The van der Waals surface area contributed by atoms with Crippen LogP contribution in [0, 0.1) is 20.8 Å². The lowest BCUT2D eigenvalue weighted by atomic mass is 9.99. The van der Waals surface area contributed by atoms with Gasteiger partial charge >= 0.3 is 0 Å². The van der Waals surface area contributed by atoms with Gasteiger partial charge in [0.25, 0.3) is 0 Å². The molecule has 0 saturated carbocycles. The van der Waals surface area contributed by atoms with Crippen LogP contribution in [-0.2, 0) is 0 Å². The highest BCUT2D eigenvalue weighted by molar-refractivity contribution is 5.66. The second-order valence-electron chi connectivity index (χ2n) is 4.14. The highest BCUT2D eigenvalue weighted by atomic mass is 15.3. The Bertz CT molecular complexity index is 521. The summed E-state index contributed by atoms with van der Waals surface area (Å²) in [6.45, 7) is 6.25. The van der Waals surface area contributed by atoms with Gasteiger partial charge in [-0.05, 0) is 43.5 Å². The fourth-order valence-corrected chi connectivity index (χ4v) is 1.77. The summed E-state index contributed by atoms with van der Waals surface area (Å²) in [5.74, 6) is 5.95. The molecule has 0 bridgehead atoms. The largest absolute Gasteiger partial charge is 0.368 e. The maximum absolute atomic E-state index is 5.63. The van der Waals surface area contributed by atoms with E-state index < -0.39 is 0 Å². The molecule has 0 unspecified atom stereocenters. The van der Waals surface area contributed by atoms with Crippen LogP contribution in [0.4, 0.5) is 5.95 Å². The number of benzene rings is 1. The molecule has 4 heteroatoms. The van der Waals surface area contributed by atoms with Crippen LogP contribution >= 0.6 is 0 Å². The molecule has 2 rings (SSSR count). The van der Waals surface area contributed by atoms with Gasteiger partial charge in [0.2, 0.25) is 5.95 Å². The molecule has 0 aliphatic carbocycles. The highest BCUT2D eigenvalue weighted by Crippen LogP contribution is 2.25. The van der Waals surface area contributed by atoms with Crippen molar-refractivity contribution in [2.45, 2.75) is 20.8 Å². The van der Waals surface area contributed by atoms with E-state index in [0.717, 1.165) is 11.3 Å². The average Bonchev–Trinajstić information content (AvgIpc) is 2.53. The van der Waals surface area contributed by atoms with E-state index >= 15 is 0 Å². The molecular formula is C12H16N4. The zero-order valence-corrected chi connectivity index (χ0v) is 9.78. The first-order valence-electron chi connectivity index (χ1n) is 5.17. The Morgan fingerprint density at radius 1 is 1.06 bits per heavy atom. The van der Waals surface area contributed by atoms with Crippen LogP contribution in [0.25, 0.3) is 11.3 Å². The van der Waals surface area contributed by atoms with Crippen LogP contribution in [0.3, 0.4) is 0 Å². The summed E-state index contributed by atoms with van der Waals surface area (Å²) in [6.07, 6.45) is 1.74. The summed E-state index contributed by atoms with van der Waals surface area (Å²) in [7, 11) is 0. The van der Waals surface area contributed by atoms with Gasteiger partial charge in [-0.2, -0.15) is 0 Å². The fraction of sp³-hybridized carbons (Fsp3) is 0.250. The first kappa shape index (κ1) is 10.5. The van der Waals surface area contributed by atoms with E-state index in [2.05, 4.69) is 37.9 Å². The van der Waals surface area contributed by atoms with Crippen molar-refractivity contribution in [3.63, 3.8) is 0 Å². The Labute approximate surface area is 94.9 Å². The summed E-state index contributed by atoms with van der Waals surface area (Å²) in [5, 5.41) is 0. The van der Waals surface area contributed by atoms with Gasteiger partial charge in [0, 0.05) is 5.56 Å². The number of nitrogens with two attached hydrogens (primary N) is 2. The Morgan fingerprint density at radius 2 is 1.69 bits per heavy atom. The minimum atomic E-state index is 0.327. The van der Waals surface area contributed by atoms with Crippen LogP contribution in [-0.4, -0.2) is 9.66 Å². The standard InChI is InChI=1S/C12H16N4/c1-7-4-9(3)10(5-8(7)2)11-6-16(14)12(13)15-11/h4-6H,14H2,1-3H3,(H2,13,15). The fourth-order valence-electron chi connectivity index (χ4n) is 1.77. The molecule has 84 valence electrons. The smallest absolute Gasteiger partial charge is 0.219 e. The molecule has 1 aromatic heterocycles. The normalized spacial score (nSPS) is 10.7. The van der Waals surface area contributed by atoms with Crippen LogP contribution in [0.1, 0.15) is 16.7 Å². The molecule has 0 spiro atoms. The zero-order chi connectivity index (χ0) is 11.9. The lowest BCUT2D eigenvalue weighted by Crippen LogP contribution is -2.09. The summed E-state index contributed by atoms with van der Waals surface area (Å²) >= 11 is 0. The van der Waals surface area contributed by atoms with E-state index in [0.29, 0.717) is 5.95 Å². The Hall–Kier alpha value is -1.97. The number of nitrogens with zero attached hydrogens (tertiary/aromatic N) is 2. The van der Waals surface area contributed by atoms with Crippen molar-refractivity contribution in [2.75, 3.05) is 11.6 Å². The molecule has 1 aromatic carbocycles. The van der Waals surface area contributed by atoms with E-state index in [1.165, 1.54) is 21.4 Å². The molecule has 4 nitrogen and oxygen atoms in total. The summed E-state index contributed by atoms with van der Waals surface area (Å²) in [6, 6.07) is 4.27. The number of hydrogen-bond acceptors (Lipinski definition) is 3. The van der Waals surface area contributed by atoms with Gasteiger partial charge in [0.15, 0.2) is 0 Å². The monoisotopic (exact) mass is 216 g/mol. The number of aromatic nitrogens is 2. The van der Waals surface area contributed by atoms with Crippen LogP contribution in [0.15, 0.2) is 18.3 Å². The molecule has 0 aliphatic rings. The number of imidazole rings is 1. The van der Waals surface area contributed by atoms with Gasteiger partial charge in [-0.25, -0.2) is 9.66 Å². The minimum Gasteiger partial charge on any atom is -0.368 e. The predicted molar refractivity (Wildman–Crippen MR) is 66.4 cm³/mol. The molecule has 0 fully saturated rings.